The Morgan fingerprint density at radius 1 is 1.38 bits per heavy atom. The van der Waals surface area contributed by atoms with E-state index in [2.05, 4.69) is 15.3 Å². The van der Waals surface area contributed by atoms with Gasteiger partial charge in [-0.05, 0) is 32.2 Å². The van der Waals surface area contributed by atoms with Crippen LogP contribution in [0.1, 0.15) is 18.2 Å². The van der Waals surface area contributed by atoms with E-state index in [4.69, 9.17) is 4.74 Å². The lowest BCUT2D eigenvalue weighted by atomic mass is 10.2. The number of hydrogen-bond acceptors (Lipinski definition) is 6. The van der Waals surface area contributed by atoms with Crippen LogP contribution in [-0.2, 0) is 0 Å². The standard InChI is InChI=1S/C14H16N4O2S/c1-4-20-12-8-6-5-7-11(12)9-15-18-13(19)10(2)16-17-14(18)21-3/h5-9H,4H2,1-3H3/b15-9-. The molecule has 1 aromatic heterocycles. The van der Waals surface area contributed by atoms with Crippen molar-refractivity contribution in [2.45, 2.75) is 19.0 Å². The van der Waals surface area contributed by atoms with Crippen LogP contribution in [0.5, 0.6) is 5.75 Å². The van der Waals surface area contributed by atoms with Gasteiger partial charge in [-0.25, -0.2) is 0 Å². The Balaban J connectivity index is 2.43. The first-order chi connectivity index (χ1) is 10.2. The van der Waals surface area contributed by atoms with Gasteiger partial charge in [0.05, 0.1) is 12.8 Å². The lowest BCUT2D eigenvalue weighted by Crippen LogP contribution is -2.23. The van der Waals surface area contributed by atoms with E-state index in [9.17, 15) is 4.79 Å². The zero-order valence-electron chi connectivity index (χ0n) is 12.1. The van der Waals surface area contributed by atoms with E-state index in [0.717, 1.165) is 11.3 Å². The van der Waals surface area contributed by atoms with Crippen molar-refractivity contribution < 1.29 is 4.74 Å². The maximum absolute atomic E-state index is 12.1. The van der Waals surface area contributed by atoms with Gasteiger partial charge in [-0.15, -0.1) is 10.2 Å². The molecule has 0 spiro atoms. The molecular formula is C14H16N4O2S. The van der Waals surface area contributed by atoms with Gasteiger partial charge in [0.2, 0.25) is 5.16 Å². The molecule has 0 N–H and O–H groups in total. The Hall–Kier alpha value is -2.15. The summed E-state index contributed by atoms with van der Waals surface area (Å²) < 4.78 is 6.77. The summed E-state index contributed by atoms with van der Waals surface area (Å²) in [7, 11) is 0. The molecular weight excluding hydrogens is 288 g/mol. The van der Waals surface area contributed by atoms with Crippen LogP contribution < -0.4 is 10.3 Å². The van der Waals surface area contributed by atoms with E-state index in [-0.39, 0.29) is 5.56 Å². The van der Waals surface area contributed by atoms with E-state index in [1.807, 2.05) is 37.4 Å². The molecule has 0 atom stereocenters. The van der Waals surface area contributed by atoms with Gasteiger partial charge in [0.1, 0.15) is 11.4 Å². The molecule has 7 heteroatoms. The molecule has 0 fully saturated rings. The number of benzene rings is 1. The van der Waals surface area contributed by atoms with Crippen LogP contribution in [0.3, 0.4) is 0 Å². The minimum absolute atomic E-state index is 0.278. The minimum Gasteiger partial charge on any atom is -0.493 e. The van der Waals surface area contributed by atoms with Crippen LogP contribution in [0.15, 0.2) is 39.3 Å². The molecule has 2 rings (SSSR count). The zero-order chi connectivity index (χ0) is 15.2. The molecule has 0 saturated carbocycles. The van der Waals surface area contributed by atoms with Crippen LogP contribution in [0, 0.1) is 6.92 Å². The lowest BCUT2D eigenvalue weighted by molar-refractivity contribution is 0.340. The summed E-state index contributed by atoms with van der Waals surface area (Å²) in [5.41, 5.74) is 0.829. The second-order valence-corrected chi connectivity index (χ2v) is 4.88. The first kappa shape index (κ1) is 15.2. The van der Waals surface area contributed by atoms with E-state index in [1.165, 1.54) is 16.4 Å². The Morgan fingerprint density at radius 3 is 2.86 bits per heavy atom. The van der Waals surface area contributed by atoms with Gasteiger partial charge in [-0.2, -0.15) is 9.78 Å². The maximum Gasteiger partial charge on any atom is 0.296 e. The summed E-state index contributed by atoms with van der Waals surface area (Å²) in [6, 6.07) is 7.51. The van der Waals surface area contributed by atoms with E-state index in [0.29, 0.717) is 17.5 Å². The molecule has 21 heavy (non-hydrogen) atoms. The molecule has 0 bridgehead atoms. The van der Waals surface area contributed by atoms with Crippen molar-refractivity contribution >= 4 is 18.0 Å². The molecule has 0 aliphatic rings. The van der Waals surface area contributed by atoms with Crippen molar-refractivity contribution in [3.8, 4) is 5.75 Å². The molecule has 1 aromatic carbocycles. The predicted octanol–water partition coefficient (Wildman–Crippen LogP) is 1.95. The summed E-state index contributed by atoms with van der Waals surface area (Å²) in [5.74, 6) is 0.723. The van der Waals surface area contributed by atoms with E-state index < -0.39 is 0 Å². The minimum atomic E-state index is -0.278. The number of nitrogens with zero attached hydrogens (tertiary/aromatic N) is 4. The molecule has 6 nitrogen and oxygen atoms in total. The van der Waals surface area contributed by atoms with Gasteiger partial charge >= 0.3 is 0 Å². The molecule has 2 aromatic rings. The average Bonchev–Trinajstić information content (AvgIpc) is 2.50. The smallest absolute Gasteiger partial charge is 0.296 e. The molecule has 0 unspecified atom stereocenters. The van der Waals surface area contributed by atoms with E-state index in [1.54, 1.807) is 13.1 Å². The number of rotatable bonds is 5. The van der Waals surface area contributed by atoms with Crippen LogP contribution in [0.4, 0.5) is 0 Å². The first-order valence-corrected chi connectivity index (χ1v) is 7.66. The molecule has 0 amide bonds. The van der Waals surface area contributed by atoms with Gasteiger partial charge in [0, 0.05) is 5.56 Å². The van der Waals surface area contributed by atoms with Crippen molar-refractivity contribution in [2.24, 2.45) is 5.10 Å². The molecule has 0 aliphatic carbocycles. The van der Waals surface area contributed by atoms with Crippen LogP contribution >= 0.6 is 11.8 Å². The second kappa shape index (κ2) is 7.03. The fourth-order valence-electron chi connectivity index (χ4n) is 1.67. The van der Waals surface area contributed by atoms with Gasteiger partial charge < -0.3 is 4.74 Å². The van der Waals surface area contributed by atoms with Crippen molar-refractivity contribution in [2.75, 3.05) is 12.9 Å². The van der Waals surface area contributed by atoms with Gasteiger partial charge in [-0.1, -0.05) is 23.9 Å². The van der Waals surface area contributed by atoms with Gasteiger partial charge in [-0.3, -0.25) is 4.79 Å². The first-order valence-electron chi connectivity index (χ1n) is 6.44. The average molecular weight is 304 g/mol. The highest BCUT2D eigenvalue weighted by molar-refractivity contribution is 7.98. The predicted molar refractivity (Wildman–Crippen MR) is 83.4 cm³/mol. The van der Waals surface area contributed by atoms with Crippen LogP contribution in [0.25, 0.3) is 0 Å². The van der Waals surface area contributed by atoms with Crippen molar-refractivity contribution in [3.05, 3.63) is 45.9 Å². The number of aromatic nitrogens is 3. The summed E-state index contributed by atoms with van der Waals surface area (Å²) >= 11 is 1.31. The molecule has 0 radical (unpaired) electrons. The van der Waals surface area contributed by atoms with Crippen LogP contribution in [0.2, 0.25) is 0 Å². The van der Waals surface area contributed by atoms with E-state index >= 15 is 0 Å². The Bertz CT molecular complexity index is 712. The largest absolute Gasteiger partial charge is 0.493 e. The highest BCUT2D eigenvalue weighted by Crippen LogP contribution is 2.16. The summed E-state index contributed by atoms with van der Waals surface area (Å²) in [5, 5.41) is 12.4. The third kappa shape index (κ3) is 3.49. The molecule has 0 aliphatic heterocycles. The lowest BCUT2D eigenvalue weighted by Gasteiger charge is -2.07. The topological polar surface area (TPSA) is 69.4 Å². The van der Waals surface area contributed by atoms with Gasteiger partial charge in [0.25, 0.3) is 5.56 Å². The summed E-state index contributed by atoms with van der Waals surface area (Å²) in [6.45, 7) is 4.09. The number of para-hydroxylation sites is 1. The highest BCUT2D eigenvalue weighted by atomic mass is 32.2. The highest BCUT2D eigenvalue weighted by Gasteiger charge is 2.07. The maximum atomic E-state index is 12.1. The number of aryl methyl sites for hydroxylation is 1. The van der Waals surface area contributed by atoms with Gasteiger partial charge in [0.15, 0.2) is 0 Å². The second-order valence-electron chi connectivity index (χ2n) is 4.10. The van der Waals surface area contributed by atoms with Crippen LogP contribution in [-0.4, -0.2) is 34.0 Å². The monoisotopic (exact) mass is 304 g/mol. The van der Waals surface area contributed by atoms with Crippen molar-refractivity contribution in [1.82, 2.24) is 14.9 Å². The zero-order valence-corrected chi connectivity index (χ0v) is 12.9. The third-order valence-electron chi connectivity index (χ3n) is 2.68. The molecule has 1 heterocycles. The Kier molecular flexibility index (Phi) is 5.10. The fraction of sp³-hybridized carbons (Fsp3) is 0.286. The Morgan fingerprint density at radius 2 is 2.14 bits per heavy atom. The van der Waals surface area contributed by atoms with Crippen molar-refractivity contribution in [1.29, 1.82) is 0 Å². The summed E-state index contributed by atoms with van der Waals surface area (Å²) in [6.07, 6.45) is 3.41. The SMILES string of the molecule is CCOc1ccccc1/C=N\n1c(SC)nnc(C)c1=O. The number of ether oxygens (including phenoxy) is 1. The van der Waals surface area contributed by atoms with Crippen molar-refractivity contribution in [3.63, 3.8) is 0 Å². The fourth-order valence-corrected chi connectivity index (χ4v) is 2.09. The normalized spacial score (nSPS) is 11.0. The number of hydrogen-bond donors (Lipinski definition) is 0. The quantitative estimate of drug-likeness (QED) is 0.624. The number of thioether (sulfide) groups is 1. The molecule has 110 valence electrons. The summed E-state index contributed by atoms with van der Waals surface area (Å²) in [4.78, 5) is 12.1. The Labute approximate surface area is 126 Å². The molecule has 0 saturated heterocycles. The third-order valence-corrected chi connectivity index (χ3v) is 3.30.